The van der Waals surface area contributed by atoms with Gasteiger partial charge < -0.3 is 25.8 Å². The number of likely N-dealkylation sites (tertiary alicyclic amines) is 1. The Morgan fingerprint density at radius 1 is 1.14 bits per heavy atom. The lowest BCUT2D eigenvalue weighted by atomic mass is 9.63. The zero-order valence-electron chi connectivity index (χ0n) is 29.5. The van der Waals surface area contributed by atoms with Crippen molar-refractivity contribution in [2.75, 3.05) is 36.5 Å². The fourth-order valence-electron chi connectivity index (χ4n) is 9.17. The van der Waals surface area contributed by atoms with Gasteiger partial charge in [0.2, 0.25) is 0 Å². The Morgan fingerprint density at radius 2 is 1.94 bits per heavy atom. The Balaban J connectivity index is 1.31. The minimum atomic E-state index is -0.429. The van der Waals surface area contributed by atoms with E-state index in [1.807, 2.05) is 19.2 Å². The highest BCUT2D eigenvalue weighted by molar-refractivity contribution is 7.16. The molecule has 4 N–H and O–H groups in total. The Labute approximate surface area is 296 Å². The maximum absolute atomic E-state index is 10.2. The summed E-state index contributed by atoms with van der Waals surface area (Å²) < 4.78 is 8.47. The van der Waals surface area contributed by atoms with Crippen molar-refractivity contribution in [3.63, 3.8) is 0 Å². The number of nitrogens with zero attached hydrogens (tertiary/aromatic N) is 9. The molecule has 0 radical (unpaired) electrons. The summed E-state index contributed by atoms with van der Waals surface area (Å²) in [6, 6.07) is 6.82. The largest absolute Gasteiger partial charge is 0.389 e. The summed E-state index contributed by atoms with van der Waals surface area (Å²) in [4.78, 5) is 21.0. The minimum Gasteiger partial charge on any atom is -0.389 e. The quantitative estimate of drug-likeness (QED) is 0.192. The molecule has 260 valence electrons. The predicted molar refractivity (Wildman–Crippen MR) is 196 cm³/mol. The van der Waals surface area contributed by atoms with Gasteiger partial charge >= 0.3 is 0 Å². The monoisotopic (exact) mass is 691 g/mol. The van der Waals surface area contributed by atoms with Crippen LogP contribution < -0.4 is 16.4 Å². The molecule has 5 aromatic rings. The molecule has 50 heavy (non-hydrogen) atoms. The topological polar surface area (TPSA) is 165 Å². The number of hydrogen-bond acceptors (Lipinski definition) is 12. The van der Waals surface area contributed by atoms with E-state index < -0.39 is 5.41 Å². The van der Waals surface area contributed by atoms with Crippen molar-refractivity contribution in [1.82, 2.24) is 34.8 Å². The summed E-state index contributed by atoms with van der Waals surface area (Å²) in [5, 5.41) is 21.4. The van der Waals surface area contributed by atoms with Gasteiger partial charge in [-0.15, -0.1) is 11.3 Å². The van der Waals surface area contributed by atoms with Crippen LogP contribution in [0.15, 0.2) is 22.9 Å². The van der Waals surface area contributed by atoms with E-state index in [0.29, 0.717) is 40.5 Å². The van der Waals surface area contributed by atoms with Crippen molar-refractivity contribution in [3.05, 3.63) is 56.9 Å². The molecule has 5 aromatic heterocycles. The molecule has 1 fully saturated rings. The summed E-state index contributed by atoms with van der Waals surface area (Å²) >= 11 is 1.55. The van der Waals surface area contributed by atoms with Crippen LogP contribution >= 0.6 is 11.3 Å². The van der Waals surface area contributed by atoms with Crippen molar-refractivity contribution in [1.29, 1.82) is 5.26 Å². The van der Waals surface area contributed by atoms with Crippen LogP contribution in [0.1, 0.15) is 110 Å². The van der Waals surface area contributed by atoms with Gasteiger partial charge in [0.25, 0.3) is 0 Å². The van der Waals surface area contributed by atoms with E-state index in [1.54, 1.807) is 11.3 Å². The number of likely N-dealkylation sites (N-methyl/N-ethyl adjacent to an activating group) is 1. The number of nitriles is 1. The third-order valence-corrected chi connectivity index (χ3v) is 12.7. The predicted octanol–water partition coefficient (Wildman–Crippen LogP) is 6.48. The SMILES string of the molecule is CCN(c1nc(-c2noc3c2CCC[C@@]32CCCc3sc(N)c(C#N)c32)nc2c1cnn2[C@@H](C)[C@@H]1CCCN1C)[C@@H](C)c1ccc(C)nc1N. The lowest BCUT2D eigenvalue weighted by Gasteiger charge is -2.39. The van der Waals surface area contributed by atoms with Crippen molar-refractivity contribution in [2.45, 2.75) is 103 Å². The zero-order valence-corrected chi connectivity index (χ0v) is 30.3. The second-order valence-corrected chi connectivity index (χ2v) is 15.5. The van der Waals surface area contributed by atoms with Crippen LogP contribution in [0.2, 0.25) is 0 Å². The van der Waals surface area contributed by atoms with Gasteiger partial charge in [-0.3, -0.25) is 0 Å². The van der Waals surface area contributed by atoms with Crippen molar-refractivity contribution in [3.8, 4) is 17.6 Å². The van der Waals surface area contributed by atoms with E-state index >= 15 is 0 Å². The summed E-state index contributed by atoms with van der Waals surface area (Å²) in [6.45, 7) is 10.2. The maximum atomic E-state index is 10.2. The molecule has 12 nitrogen and oxygen atoms in total. The molecular formula is C37H45N11OS. The number of nitrogens with two attached hydrogens (primary N) is 2. The number of rotatable bonds is 7. The molecule has 0 saturated carbocycles. The molecular weight excluding hydrogens is 647 g/mol. The number of aryl methyl sites for hydroxylation is 2. The van der Waals surface area contributed by atoms with Gasteiger partial charge in [0.1, 0.15) is 22.7 Å². The van der Waals surface area contributed by atoms with Crippen molar-refractivity contribution >= 4 is 39.0 Å². The van der Waals surface area contributed by atoms with Crippen LogP contribution in [0.4, 0.5) is 16.6 Å². The molecule has 0 unspecified atom stereocenters. The summed E-state index contributed by atoms with van der Waals surface area (Å²) in [5.41, 5.74) is 18.4. The van der Waals surface area contributed by atoms with Crippen molar-refractivity contribution in [2.24, 2.45) is 0 Å². The number of pyridine rings is 1. The standard InChI is InChI=1S/C37H45N11OS/c1-6-47(21(3)23-14-13-20(2)42-32(23)39)35-26-19-41-48(22(4)27-11-9-17-46(27)5)36(26)44-34(43-35)30-24-10-7-15-37(31(24)49-45-30)16-8-12-28-29(37)25(18-38)33(40)50-28/h13-14,19,21-22,27H,6-12,15-17,40H2,1-5H3,(H2,39,42)/t21-,22-,27-,37-/m0/s1. The Hall–Kier alpha value is -4.54. The number of aromatic nitrogens is 6. The lowest BCUT2D eigenvalue weighted by Crippen LogP contribution is -2.35. The summed E-state index contributed by atoms with van der Waals surface area (Å²) in [6.07, 6.45) is 9.65. The van der Waals surface area contributed by atoms with Crippen LogP contribution in [0, 0.1) is 18.3 Å². The fourth-order valence-corrected chi connectivity index (χ4v) is 10.3. The van der Waals surface area contributed by atoms with Gasteiger partial charge in [0, 0.05) is 34.3 Å². The summed E-state index contributed by atoms with van der Waals surface area (Å²) in [7, 11) is 2.19. The Kier molecular flexibility index (Phi) is 8.06. The van der Waals surface area contributed by atoms with Gasteiger partial charge in [0.15, 0.2) is 22.9 Å². The first-order valence-electron chi connectivity index (χ1n) is 17.9. The third kappa shape index (κ3) is 4.90. The second-order valence-electron chi connectivity index (χ2n) is 14.4. The van der Waals surface area contributed by atoms with Crippen LogP contribution in [0.5, 0.6) is 0 Å². The molecule has 1 spiro atoms. The number of anilines is 3. The number of fused-ring (bicyclic) bond motifs is 5. The first-order valence-corrected chi connectivity index (χ1v) is 18.7. The van der Waals surface area contributed by atoms with Gasteiger partial charge in [-0.1, -0.05) is 11.2 Å². The van der Waals surface area contributed by atoms with Crippen LogP contribution in [-0.4, -0.2) is 61.0 Å². The molecule has 6 heterocycles. The highest BCUT2D eigenvalue weighted by Gasteiger charge is 2.49. The van der Waals surface area contributed by atoms with Gasteiger partial charge in [-0.25, -0.2) is 19.6 Å². The van der Waals surface area contributed by atoms with Gasteiger partial charge in [0.05, 0.1) is 34.6 Å². The van der Waals surface area contributed by atoms with Gasteiger partial charge in [-0.05, 0) is 104 Å². The normalized spacial score (nSPS) is 21.6. The maximum Gasteiger partial charge on any atom is 0.186 e. The highest BCUT2D eigenvalue weighted by Crippen LogP contribution is 2.55. The molecule has 2 aliphatic carbocycles. The number of hydrogen-bond donors (Lipinski definition) is 2. The van der Waals surface area contributed by atoms with Gasteiger partial charge in [-0.2, -0.15) is 10.4 Å². The number of nitrogen functional groups attached to an aromatic ring is 2. The molecule has 0 bridgehead atoms. The fraction of sp³-hybridized carbons (Fsp3) is 0.514. The van der Waals surface area contributed by atoms with E-state index in [1.165, 1.54) is 11.3 Å². The summed E-state index contributed by atoms with van der Waals surface area (Å²) in [5.74, 6) is 2.65. The minimum absolute atomic E-state index is 0.101. The van der Waals surface area contributed by atoms with E-state index in [9.17, 15) is 5.26 Å². The molecule has 4 atom stereocenters. The van der Waals surface area contributed by atoms with E-state index in [0.717, 1.165) is 96.5 Å². The van der Waals surface area contributed by atoms with Crippen molar-refractivity contribution < 1.29 is 4.52 Å². The molecule has 13 heteroatoms. The zero-order chi connectivity index (χ0) is 34.9. The average Bonchev–Trinajstić information content (AvgIpc) is 3.90. The van der Waals surface area contributed by atoms with Crippen LogP contribution in [-0.2, 0) is 18.3 Å². The van der Waals surface area contributed by atoms with Crippen LogP contribution in [0.25, 0.3) is 22.6 Å². The Morgan fingerprint density at radius 3 is 2.66 bits per heavy atom. The molecule has 1 saturated heterocycles. The molecule has 0 amide bonds. The highest BCUT2D eigenvalue weighted by atomic mass is 32.1. The first kappa shape index (κ1) is 32.7. The van der Waals surface area contributed by atoms with E-state index in [4.69, 9.17) is 36.2 Å². The average molecular weight is 692 g/mol. The lowest BCUT2D eigenvalue weighted by molar-refractivity contribution is 0.232. The molecule has 8 rings (SSSR count). The third-order valence-electron chi connectivity index (χ3n) is 11.7. The molecule has 1 aliphatic heterocycles. The van der Waals surface area contributed by atoms with E-state index in [-0.39, 0.29) is 12.1 Å². The number of thiophene rings is 1. The van der Waals surface area contributed by atoms with Crippen LogP contribution in [0.3, 0.4) is 0 Å². The molecule has 0 aromatic carbocycles. The van der Waals surface area contributed by atoms with E-state index in [2.05, 4.69) is 59.4 Å². The first-order chi connectivity index (χ1) is 24.2. The Bertz CT molecular complexity index is 2140. The molecule has 3 aliphatic rings. The smallest absolute Gasteiger partial charge is 0.186 e. The second kappa shape index (κ2) is 12.3.